The van der Waals surface area contributed by atoms with Crippen molar-refractivity contribution >= 4 is 17.5 Å². The molecule has 3 heterocycles. The van der Waals surface area contributed by atoms with Crippen LogP contribution in [0.3, 0.4) is 0 Å². The topological polar surface area (TPSA) is 94.5 Å². The van der Waals surface area contributed by atoms with Crippen molar-refractivity contribution in [2.75, 3.05) is 11.1 Å². The number of nitrogens with two attached hydrogens (primary N) is 1. The first-order valence-corrected chi connectivity index (χ1v) is 9.00. The van der Waals surface area contributed by atoms with E-state index in [0.29, 0.717) is 29.6 Å². The summed E-state index contributed by atoms with van der Waals surface area (Å²) in [5, 5.41) is 7.34. The number of nitrogens with one attached hydrogen (secondary N) is 1. The fourth-order valence-corrected chi connectivity index (χ4v) is 2.89. The largest absolute Gasteiger partial charge is 0.381 e. The summed E-state index contributed by atoms with van der Waals surface area (Å²) < 4.78 is 43.5. The predicted octanol–water partition coefficient (Wildman–Crippen LogP) is 4.17. The van der Waals surface area contributed by atoms with Gasteiger partial charge in [0.2, 0.25) is 11.9 Å². The van der Waals surface area contributed by atoms with E-state index >= 15 is 0 Å². The Labute approximate surface area is 169 Å². The maximum Gasteiger partial charge on any atom is 0.226 e. The summed E-state index contributed by atoms with van der Waals surface area (Å²) in [7, 11) is 0. The van der Waals surface area contributed by atoms with Gasteiger partial charge in [0, 0.05) is 41.3 Å². The molecule has 0 bridgehead atoms. The van der Waals surface area contributed by atoms with Gasteiger partial charge >= 0.3 is 0 Å². The summed E-state index contributed by atoms with van der Waals surface area (Å²) in [6, 6.07) is 8.33. The number of hydrogen-bond acceptors (Lipinski definition) is 6. The number of nitrogen functional groups attached to an aromatic ring is 1. The number of rotatable bonds is 5. The van der Waals surface area contributed by atoms with Gasteiger partial charge in [-0.25, -0.2) is 23.4 Å². The van der Waals surface area contributed by atoms with Gasteiger partial charge in [0.15, 0.2) is 17.5 Å². The third kappa shape index (κ3) is 3.66. The zero-order valence-corrected chi connectivity index (χ0v) is 15.8. The molecule has 3 aromatic heterocycles. The van der Waals surface area contributed by atoms with Gasteiger partial charge in [0.25, 0.3) is 0 Å². The molecule has 10 heteroatoms. The SMILES string of the molecule is CCn1nc(-c2ccc(F)nc2)nc1Nc1ccc(-c2ccnc(N)c2F)c(F)c1. The maximum absolute atomic E-state index is 14.7. The molecule has 0 atom stereocenters. The van der Waals surface area contributed by atoms with E-state index in [1.807, 2.05) is 6.92 Å². The van der Waals surface area contributed by atoms with Crippen LogP contribution in [-0.4, -0.2) is 24.7 Å². The Balaban J connectivity index is 1.64. The number of aromatic nitrogens is 5. The van der Waals surface area contributed by atoms with Crippen molar-refractivity contribution < 1.29 is 13.2 Å². The fraction of sp³-hybridized carbons (Fsp3) is 0.100. The molecule has 152 valence electrons. The number of pyridine rings is 2. The van der Waals surface area contributed by atoms with Crippen LogP contribution in [0.5, 0.6) is 0 Å². The van der Waals surface area contributed by atoms with Crippen LogP contribution in [0.2, 0.25) is 0 Å². The Morgan fingerprint density at radius 1 is 1.03 bits per heavy atom. The molecule has 0 saturated carbocycles. The van der Waals surface area contributed by atoms with E-state index < -0.39 is 17.6 Å². The predicted molar refractivity (Wildman–Crippen MR) is 106 cm³/mol. The quantitative estimate of drug-likeness (QED) is 0.479. The van der Waals surface area contributed by atoms with Crippen molar-refractivity contribution in [1.82, 2.24) is 24.7 Å². The van der Waals surface area contributed by atoms with Crippen molar-refractivity contribution in [2.24, 2.45) is 0 Å². The van der Waals surface area contributed by atoms with Crippen LogP contribution in [0.25, 0.3) is 22.5 Å². The lowest BCUT2D eigenvalue weighted by Gasteiger charge is -2.10. The Hall–Kier alpha value is -3.95. The fourth-order valence-electron chi connectivity index (χ4n) is 2.89. The standard InChI is InChI=1S/C20H16F3N7/c1-2-30-20(28-19(29-30)11-3-6-16(22)26-10-11)27-12-4-5-13(15(21)9-12)14-7-8-25-18(24)17(14)23/h3-10H,2H2,1H3,(H2,24,25)(H,27,28,29). The Bertz CT molecular complexity index is 1210. The van der Waals surface area contributed by atoms with Gasteiger partial charge in [0.05, 0.1) is 0 Å². The minimum absolute atomic E-state index is 0.0226. The van der Waals surface area contributed by atoms with Crippen LogP contribution >= 0.6 is 0 Å². The summed E-state index contributed by atoms with van der Waals surface area (Å²) in [6.07, 6.45) is 2.65. The molecule has 0 amide bonds. The van der Waals surface area contributed by atoms with Crippen LogP contribution in [0.15, 0.2) is 48.8 Å². The number of hydrogen-bond donors (Lipinski definition) is 2. The molecule has 4 rings (SSSR count). The zero-order chi connectivity index (χ0) is 21.3. The number of halogens is 3. The van der Waals surface area contributed by atoms with E-state index in [-0.39, 0.29) is 16.9 Å². The smallest absolute Gasteiger partial charge is 0.226 e. The number of anilines is 3. The van der Waals surface area contributed by atoms with Crippen LogP contribution < -0.4 is 11.1 Å². The summed E-state index contributed by atoms with van der Waals surface area (Å²) in [5.41, 5.74) is 6.48. The van der Waals surface area contributed by atoms with E-state index in [4.69, 9.17) is 5.73 Å². The molecule has 0 aliphatic rings. The van der Waals surface area contributed by atoms with Crippen molar-refractivity contribution in [3.05, 3.63) is 66.4 Å². The van der Waals surface area contributed by atoms with Crippen LogP contribution in [0.4, 0.5) is 30.6 Å². The number of benzene rings is 1. The molecule has 7 nitrogen and oxygen atoms in total. The highest BCUT2D eigenvalue weighted by Gasteiger charge is 2.15. The van der Waals surface area contributed by atoms with Crippen molar-refractivity contribution in [1.29, 1.82) is 0 Å². The first kappa shape index (κ1) is 19.4. The normalized spacial score (nSPS) is 10.9. The first-order chi connectivity index (χ1) is 14.5. The molecule has 0 spiro atoms. The van der Waals surface area contributed by atoms with Crippen LogP contribution in [0.1, 0.15) is 6.92 Å². The van der Waals surface area contributed by atoms with E-state index in [2.05, 4.69) is 25.4 Å². The van der Waals surface area contributed by atoms with E-state index in [0.717, 1.165) is 0 Å². The molecule has 0 saturated heterocycles. The first-order valence-electron chi connectivity index (χ1n) is 9.00. The Morgan fingerprint density at radius 2 is 1.87 bits per heavy atom. The Morgan fingerprint density at radius 3 is 2.57 bits per heavy atom. The number of nitrogens with zero attached hydrogens (tertiary/aromatic N) is 5. The summed E-state index contributed by atoms with van der Waals surface area (Å²) >= 11 is 0. The molecule has 0 radical (unpaired) electrons. The molecule has 0 fully saturated rings. The molecule has 1 aromatic carbocycles. The molecule has 4 aromatic rings. The summed E-state index contributed by atoms with van der Waals surface area (Å²) in [5.74, 6) is -1.61. The van der Waals surface area contributed by atoms with E-state index in [1.54, 1.807) is 10.7 Å². The van der Waals surface area contributed by atoms with Crippen molar-refractivity contribution in [3.63, 3.8) is 0 Å². The Kier molecular flexibility index (Phi) is 5.05. The molecular formula is C20H16F3N7. The number of aryl methyl sites for hydroxylation is 1. The lowest BCUT2D eigenvalue weighted by molar-refractivity contribution is 0.584. The van der Waals surface area contributed by atoms with Gasteiger partial charge in [-0.1, -0.05) is 0 Å². The maximum atomic E-state index is 14.7. The molecular weight excluding hydrogens is 395 g/mol. The minimum Gasteiger partial charge on any atom is -0.381 e. The zero-order valence-electron chi connectivity index (χ0n) is 15.8. The van der Waals surface area contributed by atoms with Gasteiger partial charge in [-0.2, -0.15) is 9.37 Å². The van der Waals surface area contributed by atoms with Crippen molar-refractivity contribution in [2.45, 2.75) is 13.5 Å². The highest BCUT2D eigenvalue weighted by molar-refractivity contribution is 5.70. The second kappa shape index (κ2) is 7.82. The molecule has 0 aliphatic carbocycles. The average molecular weight is 411 g/mol. The van der Waals surface area contributed by atoms with Gasteiger partial charge in [-0.3, -0.25) is 0 Å². The van der Waals surface area contributed by atoms with Gasteiger partial charge in [-0.05, 0) is 43.3 Å². The molecule has 0 aliphatic heterocycles. The second-order valence-electron chi connectivity index (χ2n) is 6.32. The lowest BCUT2D eigenvalue weighted by atomic mass is 10.1. The van der Waals surface area contributed by atoms with Crippen LogP contribution in [0, 0.1) is 17.6 Å². The highest BCUT2D eigenvalue weighted by Crippen LogP contribution is 2.30. The van der Waals surface area contributed by atoms with E-state index in [1.165, 1.54) is 42.7 Å². The van der Waals surface area contributed by atoms with Crippen molar-refractivity contribution in [3.8, 4) is 22.5 Å². The minimum atomic E-state index is -0.777. The summed E-state index contributed by atoms with van der Waals surface area (Å²) in [4.78, 5) is 11.6. The molecule has 0 unspecified atom stereocenters. The van der Waals surface area contributed by atoms with Crippen LogP contribution in [-0.2, 0) is 6.54 Å². The average Bonchev–Trinajstić information content (AvgIpc) is 3.14. The lowest BCUT2D eigenvalue weighted by Crippen LogP contribution is -2.04. The third-order valence-electron chi connectivity index (χ3n) is 4.39. The molecule has 30 heavy (non-hydrogen) atoms. The second-order valence-corrected chi connectivity index (χ2v) is 6.32. The summed E-state index contributed by atoms with van der Waals surface area (Å²) in [6.45, 7) is 2.36. The third-order valence-corrected chi connectivity index (χ3v) is 4.39. The van der Waals surface area contributed by atoms with E-state index in [9.17, 15) is 13.2 Å². The highest BCUT2D eigenvalue weighted by atomic mass is 19.1. The van der Waals surface area contributed by atoms with Gasteiger partial charge in [-0.15, -0.1) is 5.10 Å². The van der Waals surface area contributed by atoms with Gasteiger partial charge in [0.1, 0.15) is 5.82 Å². The monoisotopic (exact) mass is 411 g/mol. The molecule has 3 N–H and O–H groups in total. The van der Waals surface area contributed by atoms with Gasteiger partial charge < -0.3 is 11.1 Å².